The number of nitrogens with zero attached hydrogens (tertiary/aromatic N) is 1. The minimum Gasteiger partial charge on any atom is -0.336 e. The molecule has 0 aromatic heterocycles. The van der Waals surface area contributed by atoms with Gasteiger partial charge in [-0.05, 0) is 24.7 Å². The van der Waals surface area contributed by atoms with Crippen molar-refractivity contribution in [1.29, 1.82) is 0 Å². The summed E-state index contributed by atoms with van der Waals surface area (Å²) in [4.78, 5) is 39.6. The Kier molecular flexibility index (Phi) is 13.3. The molecule has 0 aromatic carbocycles. The maximum absolute atomic E-state index is 13.0. The molecular formula is C24H45NO3. The minimum atomic E-state index is -0.596. The molecule has 28 heavy (non-hydrogen) atoms. The molecule has 2 atom stereocenters. The number of rotatable bonds is 15. The topological polar surface area (TPSA) is 54.5 Å². The normalized spacial score (nSPS) is 13.8. The first-order chi connectivity index (χ1) is 13.1. The van der Waals surface area contributed by atoms with E-state index in [1.54, 1.807) is 25.7 Å². The van der Waals surface area contributed by atoms with Crippen LogP contribution in [-0.4, -0.2) is 35.5 Å². The molecule has 0 bridgehead atoms. The maximum Gasteiger partial charge on any atom is 0.290 e. The summed E-state index contributed by atoms with van der Waals surface area (Å²) in [6.45, 7) is 15.3. The molecule has 4 nitrogen and oxygen atoms in total. The van der Waals surface area contributed by atoms with Crippen molar-refractivity contribution >= 4 is 17.5 Å². The van der Waals surface area contributed by atoms with Crippen LogP contribution in [0.3, 0.4) is 0 Å². The van der Waals surface area contributed by atoms with Crippen LogP contribution in [0.4, 0.5) is 0 Å². The molecular weight excluding hydrogens is 350 g/mol. The molecule has 164 valence electrons. The molecule has 0 rings (SSSR count). The van der Waals surface area contributed by atoms with Crippen molar-refractivity contribution in [2.75, 3.05) is 13.1 Å². The summed E-state index contributed by atoms with van der Waals surface area (Å²) in [5.74, 6) is -0.336. The van der Waals surface area contributed by atoms with E-state index in [9.17, 15) is 14.4 Å². The second-order valence-corrected chi connectivity index (χ2v) is 9.32. The fourth-order valence-electron chi connectivity index (χ4n) is 3.36. The largest absolute Gasteiger partial charge is 0.336 e. The SMILES string of the molecule is CCCCC(CC)CN(CC(CC)CCCC)C(=O)C(=O)CC(=O)C(C)(C)C. The first-order valence-electron chi connectivity index (χ1n) is 11.5. The number of hydrogen-bond acceptors (Lipinski definition) is 3. The van der Waals surface area contributed by atoms with Crippen molar-refractivity contribution in [3.63, 3.8) is 0 Å². The number of carbonyl (C=O) groups is 3. The number of carbonyl (C=O) groups excluding carboxylic acids is 3. The number of ketones is 2. The second-order valence-electron chi connectivity index (χ2n) is 9.32. The molecule has 4 heteroatoms. The summed E-state index contributed by atoms with van der Waals surface area (Å²) in [6.07, 6.45) is 8.45. The molecule has 0 saturated heterocycles. The second kappa shape index (κ2) is 13.9. The zero-order valence-electron chi connectivity index (χ0n) is 19.6. The van der Waals surface area contributed by atoms with Crippen LogP contribution < -0.4 is 0 Å². The highest BCUT2D eigenvalue weighted by Gasteiger charge is 2.30. The summed E-state index contributed by atoms with van der Waals surface area (Å²) in [6, 6.07) is 0. The average molecular weight is 396 g/mol. The van der Waals surface area contributed by atoms with Gasteiger partial charge in [-0.2, -0.15) is 0 Å². The lowest BCUT2D eigenvalue weighted by Crippen LogP contribution is -2.43. The molecule has 0 aromatic rings. The van der Waals surface area contributed by atoms with Gasteiger partial charge in [0.05, 0.1) is 6.42 Å². The molecule has 0 N–H and O–H groups in total. The van der Waals surface area contributed by atoms with Crippen molar-refractivity contribution in [1.82, 2.24) is 4.90 Å². The summed E-state index contributed by atoms with van der Waals surface area (Å²) >= 11 is 0. The van der Waals surface area contributed by atoms with Crippen LogP contribution in [0.25, 0.3) is 0 Å². The van der Waals surface area contributed by atoms with Crippen LogP contribution in [0, 0.1) is 17.3 Å². The molecule has 0 fully saturated rings. The smallest absolute Gasteiger partial charge is 0.290 e. The van der Waals surface area contributed by atoms with E-state index in [2.05, 4.69) is 27.7 Å². The fourth-order valence-corrected chi connectivity index (χ4v) is 3.36. The van der Waals surface area contributed by atoms with Gasteiger partial charge in [-0.25, -0.2) is 0 Å². The third kappa shape index (κ3) is 10.4. The van der Waals surface area contributed by atoms with Crippen LogP contribution in [0.1, 0.15) is 106 Å². The highest BCUT2D eigenvalue weighted by atomic mass is 16.2. The van der Waals surface area contributed by atoms with Gasteiger partial charge in [0.2, 0.25) is 5.78 Å². The Labute approximate surface area is 173 Å². The molecule has 2 unspecified atom stereocenters. The summed E-state index contributed by atoms with van der Waals surface area (Å²) in [5, 5.41) is 0. The van der Waals surface area contributed by atoms with Crippen LogP contribution in [0.15, 0.2) is 0 Å². The van der Waals surface area contributed by atoms with Gasteiger partial charge in [0, 0.05) is 18.5 Å². The molecule has 0 saturated carbocycles. The number of amides is 1. The van der Waals surface area contributed by atoms with Gasteiger partial charge in [-0.15, -0.1) is 0 Å². The van der Waals surface area contributed by atoms with Crippen molar-refractivity contribution in [2.24, 2.45) is 17.3 Å². The van der Waals surface area contributed by atoms with E-state index in [1.165, 1.54) is 0 Å². The van der Waals surface area contributed by atoms with Gasteiger partial charge in [-0.3, -0.25) is 14.4 Å². The maximum atomic E-state index is 13.0. The Hall–Kier alpha value is -1.19. The van der Waals surface area contributed by atoms with E-state index in [0.29, 0.717) is 24.9 Å². The highest BCUT2D eigenvalue weighted by molar-refractivity contribution is 6.39. The van der Waals surface area contributed by atoms with Gasteiger partial charge in [0.25, 0.3) is 5.91 Å². The highest BCUT2D eigenvalue weighted by Crippen LogP contribution is 2.21. The van der Waals surface area contributed by atoms with Crippen molar-refractivity contribution in [3.05, 3.63) is 0 Å². The molecule has 0 aliphatic heterocycles. The zero-order valence-corrected chi connectivity index (χ0v) is 19.6. The van der Waals surface area contributed by atoms with E-state index in [4.69, 9.17) is 0 Å². The van der Waals surface area contributed by atoms with Crippen molar-refractivity contribution in [2.45, 2.75) is 106 Å². The first-order valence-corrected chi connectivity index (χ1v) is 11.5. The van der Waals surface area contributed by atoms with Gasteiger partial charge in [0.1, 0.15) is 5.78 Å². The standard InChI is InChI=1S/C24H45NO3/c1-8-12-14-19(10-3)17-25(18-20(11-4)15-13-9-2)23(28)21(26)16-22(27)24(5,6)7/h19-20H,8-18H2,1-7H3. The van der Waals surface area contributed by atoms with Crippen LogP contribution >= 0.6 is 0 Å². The number of Topliss-reactive ketones (excluding diaryl/α,β-unsaturated/α-hetero) is 2. The monoisotopic (exact) mass is 395 g/mol. The molecule has 0 aliphatic rings. The minimum absolute atomic E-state index is 0.165. The van der Waals surface area contributed by atoms with Crippen LogP contribution in [0.2, 0.25) is 0 Å². The molecule has 0 spiro atoms. The number of hydrogen-bond donors (Lipinski definition) is 0. The Morgan fingerprint density at radius 3 is 1.54 bits per heavy atom. The molecule has 0 heterocycles. The summed E-state index contributed by atoms with van der Waals surface area (Å²) in [7, 11) is 0. The third-order valence-corrected chi connectivity index (χ3v) is 5.73. The van der Waals surface area contributed by atoms with Gasteiger partial charge in [0.15, 0.2) is 0 Å². The average Bonchev–Trinajstić information content (AvgIpc) is 2.65. The quantitative estimate of drug-likeness (QED) is 0.259. The Morgan fingerprint density at radius 2 is 1.21 bits per heavy atom. The van der Waals surface area contributed by atoms with Gasteiger partial charge >= 0.3 is 0 Å². The van der Waals surface area contributed by atoms with E-state index in [-0.39, 0.29) is 12.2 Å². The first kappa shape index (κ1) is 26.8. The Morgan fingerprint density at radius 1 is 0.786 bits per heavy atom. The van der Waals surface area contributed by atoms with E-state index < -0.39 is 17.1 Å². The van der Waals surface area contributed by atoms with Gasteiger partial charge in [-0.1, -0.05) is 87.0 Å². The van der Waals surface area contributed by atoms with E-state index in [0.717, 1.165) is 51.4 Å². The predicted octanol–water partition coefficient (Wildman–Crippen LogP) is 5.82. The zero-order chi connectivity index (χ0) is 21.7. The number of unbranched alkanes of at least 4 members (excludes halogenated alkanes) is 2. The Balaban J connectivity index is 5.28. The van der Waals surface area contributed by atoms with E-state index >= 15 is 0 Å². The molecule has 1 amide bonds. The van der Waals surface area contributed by atoms with Gasteiger partial charge < -0.3 is 4.90 Å². The lowest BCUT2D eigenvalue weighted by molar-refractivity contribution is -0.147. The Bertz CT molecular complexity index is 461. The van der Waals surface area contributed by atoms with Crippen LogP contribution in [-0.2, 0) is 14.4 Å². The molecule has 0 radical (unpaired) electrons. The van der Waals surface area contributed by atoms with Crippen LogP contribution in [0.5, 0.6) is 0 Å². The predicted molar refractivity (Wildman–Crippen MR) is 117 cm³/mol. The fraction of sp³-hybridized carbons (Fsp3) is 0.875. The lowest BCUT2D eigenvalue weighted by Gasteiger charge is -2.30. The molecule has 0 aliphatic carbocycles. The van der Waals surface area contributed by atoms with E-state index in [1.807, 2.05) is 0 Å². The van der Waals surface area contributed by atoms with Crippen molar-refractivity contribution in [3.8, 4) is 0 Å². The van der Waals surface area contributed by atoms with Crippen molar-refractivity contribution < 1.29 is 14.4 Å². The third-order valence-electron chi connectivity index (χ3n) is 5.73. The lowest BCUT2D eigenvalue weighted by atomic mass is 9.87. The summed E-state index contributed by atoms with van der Waals surface area (Å²) < 4.78 is 0. The summed E-state index contributed by atoms with van der Waals surface area (Å²) in [5.41, 5.74) is -0.596.